The van der Waals surface area contributed by atoms with Crippen LogP contribution < -0.4 is 10.6 Å². The van der Waals surface area contributed by atoms with Crippen molar-refractivity contribution in [3.8, 4) is 10.8 Å². The van der Waals surface area contributed by atoms with Crippen molar-refractivity contribution in [2.24, 2.45) is 0 Å². The van der Waals surface area contributed by atoms with Gasteiger partial charge in [-0.2, -0.15) is 0 Å². The standard InChI is InChI=1S/C13H16N4O4S2/c1-23(19,20)13(4-6-14-7-5-13)11(18)15-12-17-16-10(22-12)9-3-2-8-21-9/h2-3,8,14H,4-7H2,1H3,(H,15,17,18). The number of anilines is 1. The molecule has 8 nitrogen and oxygen atoms in total. The number of hydrogen-bond donors (Lipinski definition) is 2. The van der Waals surface area contributed by atoms with Gasteiger partial charge in [0.15, 0.2) is 25.4 Å². The molecule has 1 fully saturated rings. The Kier molecular flexibility index (Phi) is 4.21. The van der Waals surface area contributed by atoms with Crippen molar-refractivity contribution in [1.29, 1.82) is 0 Å². The van der Waals surface area contributed by atoms with Gasteiger partial charge in [-0.1, -0.05) is 11.3 Å². The van der Waals surface area contributed by atoms with Crippen molar-refractivity contribution in [3.63, 3.8) is 0 Å². The van der Waals surface area contributed by atoms with Crippen molar-refractivity contribution >= 4 is 32.2 Å². The van der Waals surface area contributed by atoms with Crippen molar-refractivity contribution in [2.75, 3.05) is 24.7 Å². The molecule has 1 aliphatic heterocycles. The minimum atomic E-state index is -3.56. The number of carbonyl (C=O) groups excluding carboxylic acids is 1. The molecule has 2 aromatic rings. The third kappa shape index (κ3) is 3.01. The second kappa shape index (κ2) is 6.02. The Labute approximate surface area is 137 Å². The number of hydrogen-bond acceptors (Lipinski definition) is 8. The second-order valence-corrected chi connectivity index (χ2v) is 8.66. The summed E-state index contributed by atoms with van der Waals surface area (Å²) in [5.41, 5.74) is 0. The third-order valence-electron chi connectivity index (χ3n) is 3.91. The zero-order valence-corrected chi connectivity index (χ0v) is 14.0. The number of amides is 1. The fourth-order valence-electron chi connectivity index (χ4n) is 2.58. The van der Waals surface area contributed by atoms with E-state index in [1.54, 1.807) is 12.1 Å². The molecule has 3 heterocycles. The van der Waals surface area contributed by atoms with E-state index in [4.69, 9.17) is 4.42 Å². The quantitative estimate of drug-likeness (QED) is 0.836. The summed E-state index contributed by atoms with van der Waals surface area (Å²) >= 11 is 1.13. The maximum Gasteiger partial charge on any atom is 0.247 e. The van der Waals surface area contributed by atoms with Crippen molar-refractivity contribution in [3.05, 3.63) is 18.4 Å². The highest BCUT2D eigenvalue weighted by molar-refractivity contribution is 7.92. The summed E-state index contributed by atoms with van der Waals surface area (Å²) in [7, 11) is -3.56. The summed E-state index contributed by atoms with van der Waals surface area (Å²) in [6.07, 6.45) is 3.10. The van der Waals surface area contributed by atoms with Gasteiger partial charge in [0.2, 0.25) is 11.0 Å². The van der Waals surface area contributed by atoms with Crippen LogP contribution in [0, 0.1) is 0 Å². The van der Waals surface area contributed by atoms with Crippen LogP contribution in [0.1, 0.15) is 12.8 Å². The molecule has 2 N–H and O–H groups in total. The third-order valence-corrected chi connectivity index (χ3v) is 6.78. The Morgan fingerprint density at radius 3 is 2.74 bits per heavy atom. The van der Waals surface area contributed by atoms with E-state index in [1.807, 2.05) is 0 Å². The molecule has 0 unspecified atom stereocenters. The molecular weight excluding hydrogens is 340 g/mol. The monoisotopic (exact) mass is 356 g/mol. The summed E-state index contributed by atoms with van der Waals surface area (Å²) in [5, 5.41) is 14.3. The fourth-order valence-corrected chi connectivity index (χ4v) is 4.62. The molecule has 0 aromatic carbocycles. The SMILES string of the molecule is CS(=O)(=O)C1(C(=O)Nc2nnc(-c3ccco3)s2)CCNCC1. The lowest BCUT2D eigenvalue weighted by molar-refractivity contribution is -0.119. The molecule has 0 atom stereocenters. The average molecular weight is 356 g/mol. The minimum absolute atomic E-state index is 0.238. The number of piperidine rings is 1. The number of aromatic nitrogens is 2. The van der Waals surface area contributed by atoms with E-state index in [1.165, 1.54) is 6.26 Å². The predicted molar refractivity (Wildman–Crippen MR) is 85.9 cm³/mol. The molecular formula is C13H16N4O4S2. The van der Waals surface area contributed by atoms with Crippen LogP contribution in [0.3, 0.4) is 0 Å². The Morgan fingerprint density at radius 1 is 1.39 bits per heavy atom. The highest BCUT2D eigenvalue weighted by atomic mass is 32.2. The number of rotatable bonds is 4. The summed E-state index contributed by atoms with van der Waals surface area (Å²) in [6, 6.07) is 3.46. The van der Waals surface area contributed by atoms with Gasteiger partial charge in [-0.05, 0) is 38.1 Å². The molecule has 0 saturated carbocycles. The zero-order chi connectivity index (χ0) is 16.5. The first-order chi connectivity index (χ1) is 10.9. The summed E-state index contributed by atoms with van der Waals surface area (Å²) in [4.78, 5) is 12.6. The topological polar surface area (TPSA) is 114 Å². The summed E-state index contributed by atoms with van der Waals surface area (Å²) < 4.78 is 28.2. The van der Waals surface area contributed by atoms with Gasteiger partial charge in [-0.25, -0.2) is 8.42 Å². The zero-order valence-electron chi connectivity index (χ0n) is 12.4. The van der Waals surface area contributed by atoms with Crippen LogP contribution >= 0.6 is 11.3 Å². The number of nitrogens with zero attached hydrogens (tertiary/aromatic N) is 2. The van der Waals surface area contributed by atoms with Gasteiger partial charge in [-0.3, -0.25) is 10.1 Å². The molecule has 10 heteroatoms. The first-order valence-corrected chi connectivity index (χ1v) is 9.72. The molecule has 1 saturated heterocycles. The predicted octanol–water partition coefficient (Wildman–Crippen LogP) is 0.903. The van der Waals surface area contributed by atoms with Gasteiger partial charge in [0, 0.05) is 6.26 Å². The van der Waals surface area contributed by atoms with Crippen molar-refractivity contribution < 1.29 is 17.6 Å². The summed E-state index contributed by atoms with van der Waals surface area (Å²) in [5.74, 6) is -0.00802. The van der Waals surface area contributed by atoms with Crippen LogP contribution in [-0.2, 0) is 14.6 Å². The highest BCUT2D eigenvalue weighted by Crippen LogP contribution is 2.31. The van der Waals surface area contributed by atoms with Gasteiger partial charge in [0.1, 0.15) is 0 Å². The van der Waals surface area contributed by atoms with Crippen LogP contribution in [0.5, 0.6) is 0 Å². The van der Waals surface area contributed by atoms with Gasteiger partial charge < -0.3 is 9.73 Å². The van der Waals surface area contributed by atoms with E-state index in [0.29, 0.717) is 23.9 Å². The van der Waals surface area contributed by atoms with Crippen molar-refractivity contribution in [2.45, 2.75) is 17.6 Å². The average Bonchev–Trinajstić information content (AvgIpc) is 3.17. The second-order valence-electron chi connectivity index (χ2n) is 5.36. The largest absolute Gasteiger partial charge is 0.462 e. The minimum Gasteiger partial charge on any atom is -0.462 e. The highest BCUT2D eigenvalue weighted by Gasteiger charge is 2.48. The van der Waals surface area contributed by atoms with E-state index < -0.39 is 20.5 Å². The Hall–Kier alpha value is -1.78. The number of carbonyl (C=O) groups is 1. The van der Waals surface area contributed by atoms with Crippen LogP contribution in [0.2, 0.25) is 0 Å². The molecule has 23 heavy (non-hydrogen) atoms. The molecule has 2 aromatic heterocycles. The van der Waals surface area contributed by atoms with E-state index >= 15 is 0 Å². The normalized spacial score (nSPS) is 17.8. The van der Waals surface area contributed by atoms with Crippen LogP contribution in [-0.4, -0.2) is 48.6 Å². The number of sulfone groups is 1. The van der Waals surface area contributed by atoms with Crippen molar-refractivity contribution in [1.82, 2.24) is 15.5 Å². The molecule has 0 aliphatic carbocycles. The molecule has 3 rings (SSSR count). The van der Waals surface area contributed by atoms with E-state index in [-0.39, 0.29) is 18.0 Å². The smallest absolute Gasteiger partial charge is 0.247 e. The molecule has 0 spiro atoms. The lowest BCUT2D eigenvalue weighted by Crippen LogP contribution is -2.55. The van der Waals surface area contributed by atoms with Crippen LogP contribution in [0.25, 0.3) is 10.8 Å². The van der Waals surface area contributed by atoms with Crippen LogP contribution in [0.15, 0.2) is 22.8 Å². The first kappa shape index (κ1) is 16.1. The Balaban J connectivity index is 1.82. The Morgan fingerprint density at radius 2 is 2.13 bits per heavy atom. The molecule has 124 valence electrons. The number of nitrogens with one attached hydrogen (secondary N) is 2. The van der Waals surface area contributed by atoms with Gasteiger partial charge in [-0.15, -0.1) is 10.2 Å². The van der Waals surface area contributed by atoms with Crippen LogP contribution in [0.4, 0.5) is 5.13 Å². The van der Waals surface area contributed by atoms with E-state index in [9.17, 15) is 13.2 Å². The molecule has 0 radical (unpaired) electrons. The lowest BCUT2D eigenvalue weighted by Gasteiger charge is -2.33. The van der Waals surface area contributed by atoms with Gasteiger partial charge in [0.05, 0.1) is 6.26 Å². The lowest BCUT2D eigenvalue weighted by atomic mass is 9.96. The van der Waals surface area contributed by atoms with Gasteiger partial charge >= 0.3 is 0 Å². The molecule has 0 bridgehead atoms. The fraction of sp³-hybridized carbons (Fsp3) is 0.462. The summed E-state index contributed by atoms with van der Waals surface area (Å²) in [6.45, 7) is 0.961. The van der Waals surface area contributed by atoms with Gasteiger partial charge in [0.25, 0.3) is 0 Å². The maximum atomic E-state index is 12.6. The molecule has 1 amide bonds. The maximum absolute atomic E-state index is 12.6. The van der Waals surface area contributed by atoms with E-state index in [2.05, 4.69) is 20.8 Å². The Bertz CT molecular complexity index is 792. The number of furan rings is 1. The van der Waals surface area contributed by atoms with E-state index in [0.717, 1.165) is 17.6 Å². The molecule has 1 aliphatic rings. The first-order valence-electron chi connectivity index (χ1n) is 7.01.